The molecule has 17 heavy (non-hydrogen) atoms. The van der Waals surface area contributed by atoms with Gasteiger partial charge in [0.05, 0.1) is 12.2 Å². The zero-order valence-corrected chi connectivity index (χ0v) is 11.5. The Balaban J connectivity index is 2.43. The number of ether oxygens (including phenoxy) is 1. The average molecular weight is 296 g/mol. The van der Waals surface area contributed by atoms with Gasteiger partial charge in [-0.15, -0.1) is 0 Å². The maximum atomic E-state index is 12.3. The van der Waals surface area contributed by atoms with Crippen molar-refractivity contribution in [1.82, 2.24) is 4.90 Å². The molecule has 0 atom stereocenters. The van der Waals surface area contributed by atoms with Crippen LogP contribution in [0.2, 0.25) is 0 Å². The molecule has 0 aliphatic carbocycles. The van der Waals surface area contributed by atoms with Crippen molar-refractivity contribution >= 4 is 21.7 Å². The summed E-state index contributed by atoms with van der Waals surface area (Å²) >= 11 is 3.38. The first kappa shape index (κ1) is 12.2. The summed E-state index contributed by atoms with van der Waals surface area (Å²) in [6, 6.07) is 5.50. The SMILES string of the molecule is CN(C)C=C1CCOc2cc(Br)ccc2C1=O. The van der Waals surface area contributed by atoms with Crippen molar-refractivity contribution in [2.45, 2.75) is 6.42 Å². The maximum Gasteiger partial charge on any atom is 0.194 e. The van der Waals surface area contributed by atoms with Gasteiger partial charge in [-0.2, -0.15) is 0 Å². The van der Waals surface area contributed by atoms with E-state index in [1.54, 1.807) is 6.07 Å². The molecule has 0 bridgehead atoms. The van der Waals surface area contributed by atoms with Crippen molar-refractivity contribution in [3.63, 3.8) is 0 Å². The molecule has 1 aliphatic rings. The number of ketones is 1. The van der Waals surface area contributed by atoms with E-state index in [4.69, 9.17) is 4.74 Å². The van der Waals surface area contributed by atoms with Crippen LogP contribution in [0.5, 0.6) is 5.75 Å². The van der Waals surface area contributed by atoms with Gasteiger partial charge in [0.25, 0.3) is 0 Å². The Bertz CT molecular complexity index is 480. The third-order valence-corrected chi connectivity index (χ3v) is 3.02. The van der Waals surface area contributed by atoms with Gasteiger partial charge in [-0.3, -0.25) is 4.79 Å². The molecule has 1 aliphatic heterocycles. The zero-order valence-electron chi connectivity index (χ0n) is 9.87. The van der Waals surface area contributed by atoms with Crippen molar-refractivity contribution in [3.8, 4) is 5.75 Å². The van der Waals surface area contributed by atoms with Gasteiger partial charge in [-0.05, 0) is 18.2 Å². The highest BCUT2D eigenvalue weighted by Crippen LogP contribution is 2.29. The maximum absolute atomic E-state index is 12.3. The first-order chi connectivity index (χ1) is 8.08. The van der Waals surface area contributed by atoms with E-state index in [1.165, 1.54) is 0 Å². The third kappa shape index (κ3) is 2.69. The molecule has 0 unspecified atom stereocenters. The van der Waals surface area contributed by atoms with Crippen LogP contribution in [0.15, 0.2) is 34.4 Å². The Labute approximate surface area is 109 Å². The van der Waals surface area contributed by atoms with E-state index in [9.17, 15) is 4.79 Å². The highest BCUT2D eigenvalue weighted by molar-refractivity contribution is 9.10. The molecular formula is C13H14BrNO2. The van der Waals surface area contributed by atoms with Gasteiger partial charge in [0.1, 0.15) is 5.75 Å². The predicted octanol–water partition coefficient (Wildman–Crippen LogP) is 2.86. The number of carbonyl (C=O) groups excluding carboxylic acids is 1. The smallest absolute Gasteiger partial charge is 0.194 e. The van der Waals surface area contributed by atoms with Crippen molar-refractivity contribution in [2.75, 3.05) is 20.7 Å². The van der Waals surface area contributed by atoms with Crippen LogP contribution in [-0.4, -0.2) is 31.4 Å². The highest BCUT2D eigenvalue weighted by Gasteiger charge is 2.21. The molecule has 0 fully saturated rings. The number of hydrogen-bond acceptors (Lipinski definition) is 3. The molecule has 1 aromatic carbocycles. The summed E-state index contributed by atoms with van der Waals surface area (Å²) in [5.41, 5.74) is 1.43. The second kappa shape index (κ2) is 4.92. The summed E-state index contributed by atoms with van der Waals surface area (Å²) in [6.45, 7) is 0.537. The standard InChI is InChI=1S/C13H14BrNO2/c1-15(2)8-9-5-6-17-12-7-10(14)3-4-11(12)13(9)16/h3-4,7-8H,5-6H2,1-2H3. The fraction of sp³-hybridized carbons (Fsp3) is 0.308. The highest BCUT2D eigenvalue weighted by atomic mass is 79.9. The molecule has 0 N–H and O–H groups in total. The Morgan fingerprint density at radius 1 is 1.41 bits per heavy atom. The number of halogens is 1. The Kier molecular flexibility index (Phi) is 3.52. The van der Waals surface area contributed by atoms with Crippen molar-refractivity contribution in [3.05, 3.63) is 40.0 Å². The van der Waals surface area contributed by atoms with Crippen molar-refractivity contribution in [1.29, 1.82) is 0 Å². The lowest BCUT2D eigenvalue weighted by atomic mass is 10.0. The molecular weight excluding hydrogens is 282 g/mol. The lowest BCUT2D eigenvalue weighted by Gasteiger charge is -2.08. The van der Waals surface area contributed by atoms with Crippen LogP contribution in [0.4, 0.5) is 0 Å². The van der Waals surface area contributed by atoms with Crippen LogP contribution in [-0.2, 0) is 0 Å². The quantitative estimate of drug-likeness (QED) is 0.746. The third-order valence-electron chi connectivity index (χ3n) is 2.52. The van der Waals surface area contributed by atoms with Gasteiger partial charge < -0.3 is 9.64 Å². The van der Waals surface area contributed by atoms with E-state index in [1.807, 2.05) is 37.3 Å². The predicted molar refractivity (Wildman–Crippen MR) is 70.4 cm³/mol. The average Bonchev–Trinajstić information content (AvgIpc) is 2.39. The fourth-order valence-electron chi connectivity index (χ4n) is 1.80. The van der Waals surface area contributed by atoms with Crippen molar-refractivity contribution < 1.29 is 9.53 Å². The van der Waals surface area contributed by atoms with Crippen LogP contribution < -0.4 is 4.74 Å². The van der Waals surface area contributed by atoms with E-state index in [-0.39, 0.29) is 5.78 Å². The Morgan fingerprint density at radius 2 is 2.18 bits per heavy atom. The molecule has 0 saturated carbocycles. The number of Topliss-reactive ketones (excluding diaryl/α,β-unsaturated/α-hetero) is 1. The largest absolute Gasteiger partial charge is 0.492 e. The number of nitrogens with zero attached hydrogens (tertiary/aromatic N) is 1. The molecule has 1 aromatic rings. The molecule has 2 rings (SSSR count). The Morgan fingerprint density at radius 3 is 2.88 bits per heavy atom. The van der Waals surface area contributed by atoms with Crippen molar-refractivity contribution in [2.24, 2.45) is 0 Å². The van der Waals surface area contributed by atoms with Gasteiger partial charge in [-0.1, -0.05) is 15.9 Å². The van der Waals surface area contributed by atoms with Crippen LogP contribution in [0.3, 0.4) is 0 Å². The summed E-state index contributed by atoms with van der Waals surface area (Å²) in [7, 11) is 3.82. The minimum atomic E-state index is 0.0544. The zero-order chi connectivity index (χ0) is 12.4. The molecule has 3 nitrogen and oxygen atoms in total. The molecule has 0 radical (unpaired) electrons. The van der Waals surface area contributed by atoms with Gasteiger partial charge >= 0.3 is 0 Å². The molecule has 0 spiro atoms. The molecule has 0 amide bonds. The van der Waals surface area contributed by atoms with Gasteiger partial charge in [0.15, 0.2) is 5.78 Å². The van der Waals surface area contributed by atoms with E-state index >= 15 is 0 Å². The van der Waals surface area contributed by atoms with Crippen LogP contribution in [0.25, 0.3) is 0 Å². The second-order valence-corrected chi connectivity index (χ2v) is 5.10. The monoisotopic (exact) mass is 295 g/mol. The van der Waals surface area contributed by atoms with Crippen LogP contribution in [0.1, 0.15) is 16.8 Å². The summed E-state index contributed by atoms with van der Waals surface area (Å²) in [6.07, 6.45) is 2.51. The second-order valence-electron chi connectivity index (χ2n) is 4.19. The number of hydrogen-bond donors (Lipinski definition) is 0. The number of fused-ring (bicyclic) bond motifs is 1. The number of carbonyl (C=O) groups is 1. The van der Waals surface area contributed by atoms with E-state index < -0.39 is 0 Å². The topological polar surface area (TPSA) is 29.5 Å². The minimum Gasteiger partial charge on any atom is -0.492 e. The number of benzene rings is 1. The molecule has 90 valence electrons. The summed E-state index contributed by atoms with van der Waals surface area (Å²) in [5, 5.41) is 0. The van der Waals surface area contributed by atoms with E-state index in [2.05, 4.69) is 15.9 Å². The lowest BCUT2D eigenvalue weighted by molar-refractivity contribution is 0.103. The molecule has 4 heteroatoms. The first-order valence-electron chi connectivity index (χ1n) is 5.42. The van der Waals surface area contributed by atoms with E-state index in [0.29, 0.717) is 24.3 Å². The van der Waals surface area contributed by atoms with Crippen LogP contribution in [0, 0.1) is 0 Å². The molecule has 0 aromatic heterocycles. The summed E-state index contributed by atoms with van der Waals surface area (Å²) < 4.78 is 6.52. The van der Waals surface area contributed by atoms with Gasteiger partial charge in [-0.25, -0.2) is 0 Å². The first-order valence-corrected chi connectivity index (χ1v) is 6.21. The van der Waals surface area contributed by atoms with E-state index in [0.717, 1.165) is 10.0 Å². The van der Waals surface area contributed by atoms with Gasteiger partial charge in [0.2, 0.25) is 0 Å². The fourth-order valence-corrected chi connectivity index (χ4v) is 2.14. The normalized spacial score (nSPS) is 17.4. The van der Waals surface area contributed by atoms with Crippen LogP contribution >= 0.6 is 15.9 Å². The van der Waals surface area contributed by atoms with Gasteiger partial charge in [0, 0.05) is 36.8 Å². The molecule has 1 heterocycles. The lowest BCUT2D eigenvalue weighted by Crippen LogP contribution is -2.09. The molecule has 0 saturated heterocycles. The summed E-state index contributed by atoms with van der Waals surface area (Å²) in [4.78, 5) is 14.2. The summed E-state index contributed by atoms with van der Waals surface area (Å²) in [5.74, 6) is 0.713. The Hall–Kier alpha value is -1.29. The number of rotatable bonds is 1. The minimum absolute atomic E-state index is 0.0544.